The number of likely N-dealkylation sites (N-methyl/N-ethyl adjacent to an activating group) is 1. The summed E-state index contributed by atoms with van der Waals surface area (Å²) >= 11 is 3.02. The van der Waals surface area contributed by atoms with E-state index >= 15 is 0 Å². The van der Waals surface area contributed by atoms with E-state index in [0.29, 0.717) is 17.0 Å². The van der Waals surface area contributed by atoms with Gasteiger partial charge in [0.05, 0.1) is 24.2 Å². The Bertz CT molecular complexity index is 1110. The highest BCUT2D eigenvalue weighted by Gasteiger charge is 2.27. The number of carbonyl (C=O) groups is 2. The third kappa shape index (κ3) is 4.27. The van der Waals surface area contributed by atoms with Crippen molar-refractivity contribution < 1.29 is 14.3 Å². The van der Waals surface area contributed by atoms with E-state index in [0.717, 1.165) is 26.8 Å². The Kier molecular flexibility index (Phi) is 5.92. The summed E-state index contributed by atoms with van der Waals surface area (Å²) in [5.41, 5.74) is 2.20. The summed E-state index contributed by atoms with van der Waals surface area (Å²) < 4.78 is 5.18. The van der Waals surface area contributed by atoms with Crippen LogP contribution in [0.15, 0.2) is 69.8 Å². The molecule has 0 fully saturated rings. The van der Waals surface area contributed by atoms with Crippen molar-refractivity contribution in [1.29, 1.82) is 0 Å². The van der Waals surface area contributed by atoms with Gasteiger partial charge in [0.2, 0.25) is 0 Å². The van der Waals surface area contributed by atoms with Gasteiger partial charge in [-0.2, -0.15) is 0 Å². The lowest BCUT2D eigenvalue weighted by atomic mass is 10.1. The number of nitrogens with one attached hydrogen (secondary N) is 1. The van der Waals surface area contributed by atoms with E-state index in [-0.39, 0.29) is 11.8 Å². The van der Waals surface area contributed by atoms with Gasteiger partial charge >= 0.3 is 0 Å². The average molecular weight is 437 g/mol. The molecule has 2 aromatic carbocycles. The number of rotatable bonds is 5. The van der Waals surface area contributed by atoms with Gasteiger partial charge in [0.1, 0.15) is 5.75 Å². The molecule has 0 radical (unpaired) electrons. The topological polar surface area (TPSA) is 58.6 Å². The van der Waals surface area contributed by atoms with Gasteiger partial charge in [0, 0.05) is 22.4 Å². The quantitative estimate of drug-likeness (QED) is 0.584. The van der Waals surface area contributed by atoms with Crippen LogP contribution in [0.25, 0.3) is 6.08 Å². The van der Waals surface area contributed by atoms with Crippen LogP contribution in [0.1, 0.15) is 20.8 Å². The Balaban J connectivity index is 1.54. The third-order valence-electron chi connectivity index (χ3n) is 4.73. The number of fused-ring (bicyclic) bond motifs is 1. The first kappa shape index (κ1) is 20.3. The van der Waals surface area contributed by atoms with Gasteiger partial charge in [-0.25, -0.2) is 0 Å². The minimum atomic E-state index is -0.156. The van der Waals surface area contributed by atoms with Crippen LogP contribution in [0.3, 0.4) is 0 Å². The molecule has 1 aromatic heterocycles. The molecule has 3 aromatic rings. The Morgan fingerprint density at radius 1 is 1.17 bits per heavy atom. The highest BCUT2D eigenvalue weighted by Crippen LogP contribution is 2.42. The zero-order valence-electron chi connectivity index (χ0n) is 16.5. The molecule has 0 unspecified atom stereocenters. The van der Waals surface area contributed by atoms with Crippen molar-refractivity contribution in [1.82, 2.24) is 5.32 Å². The zero-order chi connectivity index (χ0) is 21.1. The number of benzene rings is 2. The van der Waals surface area contributed by atoms with E-state index in [1.165, 1.54) is 11.8 Å². The number of thiophene rings is 1. The molecule has 30 heavy (non-hydrogen) atoms. The fraction of sp³-hybridized carbons (Fsp3) is 0.130. The number of carbonyl (C=O) groups excluding carboxylic acids is 2. The molecule has 1 aliphatic rings. The fourth-order valence-electron chi connectivity index (χ4n) is 3.07. The minimum Gasteiger partial charge on any atom is -0.497 e. The molecular weight excluding hydrogens is 416 g/mol. The predicted octanol–water partition coefficient (Wildman–Crippen LogP) is 4.80. The number of anilines is 1. The molecule has 2 amide bonds. The maximum absolute atomic E-state index is 12.9. The first-order valence-electron chi connectivity index (χ1n) is 9.31. The normalized spacial score (nSPS) is 14.5. The number of nitrogens with zero attached hydrogens (tertiary/aromatic N) is 1. The van der Waals surface area contributed by atoms with Crippen molar-refractivity contribution in [2.24, 2.45) is 0 Å². The third-order valence-corrected chi connectivity index (χ3v) is 6.69. The zero-order valence-corrected chi connectivity index (χ0v) is 18.2. The van der Waals surface area contributed by atoms with E-state index in [2.05, 4.69) is 5.32 Å². The predicted molar refractivity (Wildman–Crippen MR) is 122 cm³/mol. The maximum Gasteiger partial charge on any atom is 0.264 e. The minimum absolute atomic E-state index is 0.0977. The highest BCUT2D eigenvalue weighted by molar-refractivity contribution is 8.04. The summed E-state index contributed by atoms with van der Waals surface area (Å²) in [6.45, 7) is 0.492. The molecule has 4 rings (SSSR count). The number of amides is 2. The van der Waals surface area contributed by atoms with Gasteiger partial charge in [0.15, 0.2) is 0 Å². The Morgan fingerprint density at radius 3 is 2.67 bits per heavy atom. The van der Waals surface area contributed by atoms with E-state index in [4.69, 9.17) is 4.74 Å². The van der Waals surface area contributed by atoms with Gasteiger partial charge in [-0.05, 0) is 53.4 Å². The van der Waals surface area contributed by atoms with Crippen LogP contribution in [0.2, 0.25) is 0 Å². The SMILES string of the molecule is COc1ccc(/C=C2\Sc3ccc(C(=O)NCc4cccs4)cc3N(C)C2=O)cc1. The Labute approximate surface area is 183 Å². The molecule has 152 valence electrons. The summed E-state index contributed by atoms with van der Waals surface area (Å²) in [5, 5.41) is 4.91. The molecule has 7 heteroatoms. The highest BCUT2D eigenvalue weighted by atomic mass is 32.2. The van der Waals surface area contributed by atoms with Crippen LogP contribution in [0.5, 0.6) is 5.75 Å². The largest absolute Gasteiger partial charge is 0.497 e. The van der Waals surface area contributed by atoms with E-state index in [1.54, 1.807) is 42.5 Å². The van der Waals surface area contributed by atoms with Crippen LogP contribution < -0.4 is 15.0 Å². The molecule has 0 spiro atoms. The van der Waals surface area contributed by atoms with Crippen LogP contribution in [0.4, 0.5) is 5.69 Å². The number of methoxy groups -OCH3 is 1. The van der Waals surface area contributed by atoms with Gasteiger partial charge in [-0.3, -0.25) is 9.59 Å². The summed E-state index contributed by atoms with van der Waals surface area (Å²) in [6, 6.07) is 17.0. The molecule has 1 aliphatic heterocycles. The van der Waals surface area contributed by atoms with Crippen molar-refractivity contribution in [3.63, 3.8) is 0 Å². The first-order valence-corrected chi connectivity index (χ1v) is 11.0. The summed E-state index contributed by atoms with van der Waals surface area (Å²) in [7, 11) is 3.35. The number of hydrogen-bond donors (Lipinski definition) is 1. The van der Waals surface area contributed by atoms with Gasteiger partial charge < -0.3 is 15.0 Å². The second-order valence-corrected chi connectivity index (χ2v) is 8.81. The van der Waals surface area contributed by atoms with E-state index in [9.17, 15) is 9.59 Å². The molecule has 0 atom stereocenters. The maximum atomic E-state index is 12.9. The molecule has 0 saturated heterocycles. The fourth-order valence-corrected chi connectivity index (χ4v) is 4.81. The summed E-state index contributed by atoms with van der Waals surface area (Å²) in [4.78, 5) is 29.7. The molecule has 0 bridgehead atoms. The molecular formula is C23H20N2O3S2. The van der Waals surface area contributed by atoms with Crippen LogP contribution >= 0.6 is 23.1 Å². The van der Waals surface area contributed by atoms with E-state index < -0.39 is 0 Å². The van der Waals surface area contributed by atoms with Crippen molar-refractivity contribution in [3.8, 4) is 5.75 Å². The van der Waals surface area contributed by atoms with Crippen molar-refractivity contribution in [2.75, 3.05) is 19.1 Å². The van der Waals surface area contributed by atoms with Gasteiger partial charge in [-0.15, -0.1) is 11.3 Å². The van der Waals surface area contributed by atoms with Crippen LogP contribution in [-0.4, -0.2) is 26.0 Å². The average Bonchev–Trinajstić information content (AvgIpc) is 3.29. The molecule has 5 nitrogen and oxygen atoms in total. The molecule has 2 heterocycles. The van der Waals surface area contributed by atoms with Crippen molar-refractivity contribution in [3.05, 3.63) is 80.9 Å². The standard InChI is InChI=1S/C23H20N2O3S2/c1-25-19-13-16(22(26)24-14-18-4-3-11-29-18)7-10-20(19)30-21(23(25)27)12-15-5-8-17(28-2)9-6-15/h3-13H,14H2,1-2H3,(H,24,26)/b21-12-. The lowest BCUT2D eigenvalue weighted by Crippen LogP contribution is -2.30. The number of thioether (sulfide) groups is 1. The smallest absolute Gasteiger partial charge is 0.264 e. The summed E-state index contributed by atoms with van der Waals surface area (Å²) in [6.07, 6.45) is 1.87. The second-order valence-electron chi connectivity index (χ2n) is 6.69. The molecule has 0 saturated carbocycles. The van der Waals surface area contributed by atoms with Crippen molar-refractivity contribution >= 4 is 46.7 Å². The lowest BCUT2D eigenvalue weighted by Gasteiger charge is -2.27. The van der Waals surface area contributed by atoms with Crippen LogP contribution in [0, 0.1) is 0 Å². The van der Waals surface area contributed by atoms with Crippen LogP contribution in [-0.2, 0) is 11.3 Å². The first-order chi connectivity index (χ1) is 14.5. The van der Waals surface area contributed by atoms with Gasteiger partial charge in [0.25, 0.3) is 11.8 Å². The molecule has 0 aliphatic carbocycles. The Hall–Kier alpha value is -3.03. The monoisotopic (exact) mass is 436 g/mol. The number of hydrogen-bond acceptors (Lipinski definition) is 5. The summed E-state index contributed by atoms with van der Waals surface area (Å²) in [5.74, 6) is 0.517. The Morgan fingerprint density at radius 2 is 1.97 bits per heavy atom. The van der Waals surface area contributed by atoms with Crippen molar-refractivity contribution in [2.45, 2.75) is 11.4 Å². The second kappa shape index (κ2) is 8.77. The molecule has 1 N–H and O–H groups in total. The van der Waals surface area contributed by atoms with Gasteiger partial charge in [-0.1, -0.05) is 30.0 Å². The lowest BCUT2D eigenvalue weighted by molar-refractivity contribution is -0.114. The number of ether oxygens (including phenoxy) is 1. The van der Waals surface area contributed by atoms with E-state index in [1.807, 2.05) is 53.9 Å².